The summed E-state index contributed by atoms with van der Waals surface area (Å²) in [6.07, 6.45) is 0. The maximum absolute atomic E-state index is 12.6. The maximum atomic E-state index is 12.6. The lowest BCUT2D eigenvalue weighted by Crippen LogP contribution is -2.40. The van der Waals surface area contributed by atoms with E-state index in [0.29, 0.717) is 41.6 Å². The molecule has 23 heavy (non-hydrogen) atoms. The number of amides is 1. The first kappa shape index (κ1) is 14.9. The number of fused-ring (bicyclic) bond motifs is 3. The van der Waals surface area contributed by atoms with Crippen LogP contribution in [0.15, 0.2) is 35.2 Å². The van der Waals surface area contributed by atoms with Crippen molar-refractivity contribution in [3.8, 4) is 10.4 Å². The van der Waals surface area contributed by atoms with Crippen molar-refractivity contribution in [2.45, 2.75) is 10.6 Å². The normalized spacial score (nSPS) is 19.0. The van der Waals surface area contributed by atoms with Gasteiger partial charge in [0.2, 0.25) is 0 Å². The Morgan fingerprint density at radius 1 is 1.17 bits per heavy atom. The Morgan fingerprint density at radius 3 is 2.70 bits per heavy atom. The molecule has 3 heterocycles. The minimum Gasteiger partial charge on any atom is -0.378 e. The Labute approximate surface area is 138 Å². The summed E-state index contributed by atoms with van der Waals surface area (Å²) in [4.78, 5) is 16.2. The van der Waals surface area contributed by atoms with E-state index in [0.717, 1.165) is 10.4 Å². The van der Waals surface area contributed by atoms with E-state index >= 15 is 0 Å². The summed E-state index contributed by atoms with van der Waals surface area (Å²) in [7, 11) is -3.33. The van der Waals surface area contributed by atoms with Crippen molar-refractivity contribution in [1.29, 1.82) is 0 Å². The highest BCUT2D eigenvalue weighted by Crippen LogP contribution is 2.42. The number of thiophene rings is 1. The van der Waals surface area contributed by atoms with Gasteiger partial charge in [-0.3, -0.25) is 4.79 Å². The Kier molecular flexibility index (Phi) is 3.51. The molecular weight excluding hydrogens is 334 g/mol. The number of ether oxygens (including phenoxy) is 1. The van der Waals surface area contributed by atoms with Crippen LogP contribution in [0.1, 0.15) is 15.2 Å². The number of rotatable bonds is 1. The number of carbonyl (C=O) groups excluding carboxylic acids is 1. The van der Waals surface area contributed by atoms with Crippen LogP contribution in [0, 0.1) is 0 Å². The van der Waals surface area contributed by atoms with E-state index < -0.39 is 9.84 Å². The number of benzene rings is 1. The Morgan fingerprint density at radius 2 is 1.91 bits per heavy atom. The first-order chi connectivity index (χ1) is 11.1. The Hall–Kier alpha value is -1.70. The summed E-state index contributed by atoms with van der Waals surface area (Å²) in [6.45, 7) is 2.26. The molecule has 1 aromatic heterocycles. The van der Waals surface area contributed by atoms with Crippen LogP contribution in [0.5, 0.6) is 0 Å². The quantitative estimate of drug-likeness (QED) is 0.792. The zero-order valence-electron chi connectivity index (χ0n) is 12.3. The van der Waals surface area contributed by atoms with Gasteiger partial charge >= 0.3 is 0 Å². The minimum absolute atomic E-state index is 0.0355. The van der Waals surface area contributed by atoms with Gasteiger partial charge in [-0.1, -0.05) is 18.2 Å². The molecule has 0 radical (unpaired) electrons. The van der Waals surface area contributed by atoms with Gasteiger partial charge in [0.15, 0.2) is 9.84 Å². The highest BCUT2D eigenvalue weighted by Gasteiger charge is 2.31. The molecule has 2 aliphatic heterocycles. The maximum Gasteiger partial charge on any atom is 0.264 e. The topological polar surface area (TPSA) is 63.7 Å². The van der Waals surface area contributed by atoms with Gasteiger partial charge in [0.25, 0.3) is 5.91 Å². The van der Waals surface area contributed by atoms with Crippen molar-refractivity contribution in [3.05, 3.63) is 40.8 Å². The van der Waals surface area contributed by atoms with E-state index in [4.69, 9.17) is 4.74 Å². The second-order valence-corrected chi connectivity index (χ2v) is 8.64. The smallest absolute Gasteiger partial charge is 0.264 e. The SMILES string of the molecule is O=C(c1cc2c(s1)-c1ccccc1S(=O)(=O)C2)N1CCOCC1. The third-order valence-electron chi connectivity index (χ3n) is 4.13. The molecule has 1 saturated heterocycles. The fraction of sp³-hybridized carbons (Fsp3) is 0.312. The van der Waals surface area contributed by atoms with Gasteiger partial charge in [0.1, 0.15) is 0 Å². The van der Waals surface area contributed by atoms with Crippen LogP contribution in [-0.4, -0.2) is 45.5 Å². The number of hydrogen-bond donors (Lipinski definition) is 0. The number of nitrogens with zero attached hydrogens (tertiary/aromatic N) is 1. The molecule has 0 N–H and O–H groups in total. The first-order valence-corrected chi connectivity index (χ1v) is 9.85. The zero-order valence-corrected chi connectivity index (χ0v) is 14.0. The summed E-state index contributed by atoms with van der Waals surface area (Å²) in [6, 6.07) is 8.74. The van der Waals surface area contributed by atoms with Gasteiger partial charge < -0.3 is 9.64 Å². The summed E-state index contributed by atoms with van der Waals surface area (Å²) in [5, 5.41) is 0. The molecule has 0 aliphatic carbocycles. The van der Waals surface area contributed by atoms with E-state index in [1.165, 1.54) is 11.3 Å². The van der Waals surface area contributed by atoms with Crippen LogP contribution in [-0.2, 0) is 20.3 Å². The van der Waals surface area contributed by atoms with Crippen LogP contribution in [0.4, 0.5) is 0 Å². The molecule has 1 amide bonds. The number of hydrogen-bond acceptors (Lipinski definition) is 5. The predicted octanol–water partition coefficient (Wildman–Crippen LogP) is 2.17. The molecule has 120 valence electrons. The summed E-state index contributed by atoms with van der Waals surface area (Å²) in [5.41, 5.74) is 1.44. The van der Waals surface area contributed by atoms with E-state index in [1.807, 2.05) is 12.1 Å². The number of morpholine rings is 1. The van der Waals surface area contributed by atoms with Gasteiger partial charge in [0, 0.05) is 23.5 Å². The van der Waals surface area contributed by atoms with Crippen LogP contribution >= 0.6 is 11.3 Å². The molecular formula is C16H15NO4S2. The molecule has 2 aliphatic rings. The molecule has 7 heteroatoms. The van der Waals surface area contributed by atoms with Gasteiger partial charge in [0.05, 0.1) is 28.7 Å². The van der Waals surface area contributed by atoms with Gasteiger partial charge in [-0.2, -0.15) is 0 Å². The van der Waals surface area contributed by atoms with Crippen molar-refractivity contribution < 1.29 is 17.9 Å². The lowest BCUT2D eigenvalue weighted by atomic mass is 10.1. The van der Waals surface area contributed by atoms with Gasteiger partial charge in [-0.05, 0) is 17.7 Å². The molecule has 0 atom stereocenters. The van der Waals surface area contributed by atoms with E-state index in [2.05, 4.69) is 0 Å². The van der Waals surface area contributed by atoms with Crippen molar-refractivity contribution >= 4 is 27.1 Å². The highest BCUT2D eigenvalue weighted by molar-refractivity contribution is 7.91. The van der Waals surface area contributed by atoms with Gasteiger partial charge in [-0.15, -0.1) is 11.3 Å². The van der Waals surface area contributed by atoms with Crippen molar-refractivity contribution in [1.82, 2.24) is 4.90 Å². The molecule has 5 nitrogen and oxygen atoms in total. The third kappa shape index (κ3) is 2.49. The van der Waals surface area contributed by atoms with Crippen molar-refractivity contribution in [2.24, 2.45) is 0 Å². The second kappa shape index (κ2) is 5.43. The second-order valence-electron chi connectivity index (χ2n) is 5.62. The molecule has 0 spiro atoms. The highest BCUT2D eigenvalue weighted by atomic mass is 32.2. The predicted molar refractivity (Wildman–Crippen MR) is 87.4 cm³/mol. The van der Waals surface area contributed by atoms with Crippen molar-refractivity contribution in [3.63, 3.8) is 0 Å². The molecule has 1 fully saturated rings. The summed E-state index contributed by atoms with van der Waals surface area (Å²) >= 11 is 1.38. The fourth-order valence-electron chi connectivity index (χ4n) is 3.00. The molecule has 0 bridgehead atoms. The summed E-state index contributed by atoms with van der Waals surface area (Å²) in [5.74, 6) is -0.0748. The zero-order chi connectivity index (χ0) is 16.0. The summed E-state index contributed by atoms with van der Waals surface area (Å²) < 4.78 is 30.1. The van der Waals surface area contributed by atoms with Gasteiger partial charge in [-0.25, -0.2) is 8.42 Å². The molecule has 4 rings (SSSR count). The van der Waals surface area contributed by atoms with Crippen LogP contribution in [0.2, 0.25) is 0 Å². The average molecular weight is 349 g/mol. The van der Waals surface area contributed by atoms with Crippen LogP contribution < -0.4 is 0 Å². The van der Waals surface area contributed by atoms with E-state index in [-0.39, 0.29) is 11.7 Å². The number of sulfone groups is 1. The van der Waals surface area contributed by atoms with Crippen LogP contribution in [0.3, 0.4) is 0 Å². The third-order valence-corrected chi connectivity index (χ3v) is 7.05. The Balaban J connectivity index is 1.77. The minimum atomic E-state index is -3.33. The average Bonchev–Trinajstić information content (AvgIpc) is 2.98. The van der Waals surface area contributed by atoms with Crippen molar-refractivity contribution in [2.75, 3.05) is 26.3 Å². The molecule has 1 aromatic carbocycles. The molecule has 0 saturated carbocycles. The monoisotopic (exact) mass is 349 g/mol. The van der Waals surface area contributed by atoms with E-state index in [1.54, 1.807) is 23.1 Å². The lowest BCUT2D eigenvalue weighted by molar-refractivity contribution is 0.0306. The Bertz CT molecular complexity index is 879. The largest absolute Gasteiger partial charge is 0.378 e. The lowest BCUT2D eigenvalue weighted by Gasteiger charge is -2.26. The fourth-order valence-corrected chi connectivity index (χ4v) is 5.93. The molecule has 0 unspecified atom stereocenters. The van der Waals surface area contributed by atoms with E-state index in [9.17, 15) is 13.2 Å². The number of carbonyl (C=O) groups is 1. The van der Waals surface area contributed by atoms with Crippen LogP contribution in [0.25, 0.3) is 10.4 Å². The molecule has 2 aromatic rings. The first-order valence-electron chi connectivity index (χ1n) is 7.38. The standard InChI is InChI=1S/C16H15NO4S2/c18-16(17-5-7-21-8-6-17)13-9-11-10-23(19,20)14-4-2-1-3-12(14)15(11)22-13/h1-4,9H,5-8,10H2.